The van der Waals surface area contributed by atoms with Crippen LogP contribution in [-0.2, 0) is 4.79 Å². The summed E-state index contributed by atoms with van der Waals surface area (Å²) in [4.78, 5) is 16.3. The van der Waals surface area contributed by atoms with E-state index in [2.05, 4.69) is 18.7 Å². The van der Waals surface area contributed by atoms with E-state index in [0.29, 0.717) is 24.2 Å². The number of likely N-dealkylation sites (N-methyl/N-ethyl adjacent to an activating group) is 1. The monoisotopic (exact) mass is 246 g/mol. The summed E-state index contributed by atoms with van der Waals surface area (Å²) in [5.74, 6) is 0.959. The number of alkyl halides is 1. The van der Waals surface area contributed by atoms with Crippen molar-refractivity contribution in [3.05, 3.63) is 0 Å². The minimum atomic E-state index is 0.299. The minimum Gasteiger partial charge on any atom is -0.340 e. The summed E-state index contributed by atoms with van der Waals surface area (Å²) in [6, 6.07) is 0.496. The van der Waals surface area contributed by atoms with Crippen molar-refractivity contribution in [1.29, 1.82) is 0 Å². The molecule has 0 aliphatic carbocycles. The van der Waals surface area contributed by atoms with Gasteiger partial charge in [0.25, 0.3) is 0 Å². The topological polar surface area (TPSA) is 23.6 Å². The highest BCUT2D eigenvalue weighted by molar-refractivity contribution is 6.17. The molecule has 1 aliphatic heterocycles. The van der Waals surface area contributed by atoms with Crippen LogP contribution in [0.1, 0.15) is 33.1 Å². The maximum atomic E-state index is 11.9. The van der Waals surface area contributed by atoms with Gasteiger partial charge in [-0.25, -0.2) is 0 Å². The van der Waals surface area contributed by atoms with Gasteiger partial charge < -0.3 is 4.90 Å². The standard InChI is InChI=1S/C12H23ClN2O/c1-3-14-8-9-15(10-11(14)2)12(16)6-4-5-7-13/h11H,3-10H2,1-2H3. The third-order valence-electron chi connectivity index (χ3n) is 3.30. The smallest absolute Gasteiger partial charge is 0.222 e. The van der Waals surface area contributed by atoms with Gasteiger partial charge in [-0.2, -0.15) is 0 Å². The van der Waals surface area contributed by atoms with Gasteiger partial charge in [-0.3, -0.25) is 9.69 Å². The summed E-state index contributed by atoms with van der Waals surface area (Å²) in [6.07, 6.45) is 2.52. The fraction of sp³-hybridized carbons (Fsp3) is 0.917. The quantitative estimate of drug-likeness (QED) is 0.547. The Morgan fingerprint density at radius 1 is 1.38 bits per heavy atom. The zero-order valence-electron chi connectivity index (χ0n) is 10.4. The van der Waals surface area contributed by atoms with Gasteiger partial charge in [0.05, 0.1) is 0 Å². The van der Waals surface area contributed by atoms with Crippen LogP contribution in [-0.4, -0.2) is 53.8 Å². The summed E-state index contributed by atoms with van der Waals surface area (Å²) in [5.41, 5.74) is 0. The summed E-state index contributed by atoms with van der Waals surface area (Å²) in [6.45, 7) is 8.23. The molecule has 0 saturated carbocycles. The molecule has 3 nitrogen and oxygen atoms in total. The van der Waals surface area contributed by atoms with Crippen LogP contribution < -0.4 is 0 Å². The van der Waals surface area contributed by atoms with Crippen LogP contribution in [0.4, 0.5) is 0 Å². The van der Waals surface area contributed by atoms with Gasteiger partial charge >= 0.3 is 0 Å². The van der Waals surface area contributed by atoms with Crippen molar-refractivity contribution in [2.45, 2.75) is 39.2 Å². The molecule has 1 saturated heterocycles. The Balaban J connectivity index is 2.30. The lowest BCUT2D eigenvalue weighted by molar-refractivity contribution is -0.134. The molecule has 16 heavy (non-hydrogen) atoms. The average molecular weight is 247 g/mol. The number of rotatable bonds is 5. The Bertz CT molecular complexity index is 223. The number of piperazine rings is 1. The molecule has 1 heterocycles. The summed E-state index contributed by atoms with van der Waals surface area (Å²) < 4.78 is 0. The predicted octanol–water partition coefficient (Wildman–Crippen LogP) is 1.95. The zero-order valence-corrected chi connectivity index (χ0v) is 11.2. The second-order valence-electron chi connectivity index (χ2n) is 4.46. The second kappa shape index (κ2) is 7.13. The molecule has 1 fully saturated rings. The number of carbonyl (C=O) groups is 1. The SMILES string of the molecule is CCN1CCN(C(=O)CCCCCl)CC1C. The Kier molecular flexibility index (Phi) is 6.14. The molecule has 4 heteroatoms. The molecule has 0 radical (unpaired) electrons. The Hall–Kier alpha value is -0.280. The van der Waals surface area contributed by atoms with E-state index < -0.39 is 0 Å². The number of carbonyl (C=O) groups excluding carboxylic acids is 1. The Labute approximate surface area is 104 Å². The number of halogens is 1. The van der Waals surface area contributed by atoms with E-state index in [-0.39, 0.29) is 0 Å². The molecule has 0 spiro atoms. The van der Waals surface area contributed by atoms with Crippen molar-refractivity contribution in [3.63, 3.8) is 0 Å². The van der Waals surface area contributed by atoms with Crippen molar-refractivity contribution < 1.29 is 4.79 Å². The van der Waals surface area contributed by atoms with Gasteiger partial charge in [0.15, 0.2) is 0 Å². The molecule has 0 aromatic heterocycles. The summed E-state index contributed by atoms with van der Waals surface area (Å²) in [5, 5.41) is 0. The van der Waals surface area contributed by atoms with Crippen LogP contribution >= 0.6 is 11.6 Å². The third-order valence-corrected chi connectivity index (χ3v) is 3.57. The van der Waals surface area contributed by atoms with Crippen LogP contribution in [0.3, 0.4) is 0 Å². The summed E-state index contributed by atoms with van der Waals surface area (Å²) >= 11 is 5.60. The van der Waals surface area contributed by atoms with Gasteiger partial charge in [0.2, 0.25) is 5.91 Å². The van der Waals surface area contributed by atoms with E-state index in [1.54, 1.807) is 0 Å². The summed E-state index contributed by atoms with van der Waals surface area (Å²) in [7, 11) is 0. The van der Waals surface area contributed by atoms with Crippen LogP contribution in [0, 0.1) is 0 Å². The number of nitrogens with zero attached hydrogens (tertiary/aromatic N) is 2. The van der Waals surface area contributed by atoms with E-state index in [1.165, 1.54) is 0 Å². The first-order valence-electron chi connectivity index (χ1n) is 6.26. The predicted molar refractivity (Wildman–Crippen MR) is 67.9 cm³/mol. The van der Waals surface area contributed by atoms with E-state index >= 15 is 0 Å². The molecule has 0 bridgehead atoms. The molecular weight excluding hydrogens is 224 g/mol. The fourth-order valence-electron chi connectivity index (χ4n) is 2.22. The van der Waals surface area contributed by atoms with Crippen LogP contribution in [0.15, 0.2) is 0 Å². The lowest BCUT2D eigenvalue weighted by atomic mass is 10.1. The highest BCUT2D eigenvalue weighted by Crippen LogP contribution is 2.11. The third kappa shape index (κ3) is 3.95. The van der Waals surface area contributed by atoms with E-state index in [0.717, 1.165) is 39.0 Å². The lowest BCUT2D eigenvalue weighted by Gasteiger charge is -2.39. The van der Waals surface area contributed by atoms with Crippen LogP contribution in [0.5, 0.6) is 0 Å². The Morgan fingerprint density at radius 3 is 2.69 bits per heavy atom. The number of amides is 1. The Morgan fingerprint density at radius 2 is 2.12 bits per heavy atom. The molecular formula is C12H23ClN2O. The first-order chi connectivity index (χ1) is 7.69. The van der Waals surface area contributed by atoms with Gasteiger partial charge in [0.1, 0.15) is 0 Å². The maximum absolute atomic E-state index is 11.9. The zero-order chi connectivity index (χ0) is 12.0. The molecule has 1 rings (SSSR count). The average Bonchev–Trinajstić information content (AvgIpc) is 2.29. The lowest BCUT2D eigenvalue weighted by Crippen LogP contribution is -2.53. The number of hydrogen-bond donors (Lipinski definition) is 0. The fourth-order valence-corrected chi connectivity index (χ4v) is 2.41. The first kappa shape index (κ1) is 13.8. The molecule has 1 aliphatic rings. The molecule has 1 unspecified atom stereocenters. The van der Waals surface area contributed by atoms with E-state index in [4.69, 9.17) is 11.6 Å². The van der Waals surface area contributed by atoms with Crippen LogP contribution in [0.2, 0.25) is 0 Å². The molecule has 0 aromatic carbocycles. The number of hydrogen-bond acceptors (Lipinski definition) is 2. The van der Waals surface area contributed by atoms with Gasteiger partial charge in [-0.05, 0) is 26.3 Å². The minimum absolute atomic E-state index is 0.299. The molecule has 0 N–H and O–H groups in total. The molecule has 0 aromatic rings. The largest absolute Gasteiger partial charge is 0.340 e. The van der Waals surface area contributed by atoms with Crippen LogP contribution in [0.25, 0.3) is 0 Å². The highest BCUT2D eigenvalue weighted by atomic mass is 35.5. The highest BCUT2D eigenvalue weighted by Gasteiger charge is 2.24. The number of unbranched alkanes of at least 4 members (excludes halogenated alkanes) is 1. The van der Waals surface area contributed by atoms with Gasteiger partial charge in [-0.15, -0.1) is 11.6 Å². The first-order valence-corrected chi connectivity index (χ1v) is 6.80. The molecule has 1 atom stereocenters. The van der Waals surface area contributed by atoms with Crippen molar-refractivity contribution in [2.24, 2.45) is 0 Å². The van der Waals surface area contributed by atoms with Crippen molar-refractivity contribution in [1.82, 2.24) is 9.80 Å². The van der Waals surface area contributed by atoms with Crippen molar-refractivity contribution in [3.8, 4) is 0 Å². The van der Waals surface area contributed by atoms with Crippen molar-refractivity contribution >= 4 is 17.5 Å². The van der Waals surface area contributed by atoms with Gasteiger partial charge in [-0.1, -0.05) is 6.92 Å². The normalized spacial score (nSPS) is 22.4. The second-order valence-corrected chi connectivity index (χ2v) is 4.84. The van der Waals surface area contributed by atoms with Crippen molar-refractivity contribution in [2.75, 3.05) is 32.1 Å². The van der Waals surface area contributed by atoms with E-state index in [1.807, 2.05) is 4.90 Å². The molecule has 1 amide bonds. The van der Waals surface area contributed by atoms with Gasteiger partial charge in [0, 0.05) is 38.0 Å². The molecule has 94 valence electrons. The maximum Gasteiger partial charge on any atom is 0.222 e. The van der Waals surface area contributed by atoms with E-state index in [9.17, 15) is 4.79 Å².